The van der Waals surface area contributed by atoms with Gasteiger partial charge in [0.25, 0.3) is 0 Å². The number of nitrogens with one attached hydrogen (secondary N) is 1. The highest BCUT2D eigenvalue weighted by Gasteiger charge is 2.61. The number of rotatable bonds is 0. The van der Waals surface area contributed by atoms with Crippen LogP contribution in [-0.4, -0.2) is 18.6 Å². The fraction of sp³-hybridized carbons (Fsp3) is 0.333. The molecule has 0 aromatic heterocycles. The number of nitriles is 1. The molecule has 7 heteroatoms. The summed E-state index contributed by atoms with van der Waals surface area (Å²) in [5, 5.41) is 12.1. The number of aliphatic imine (C=N–C) groups is 1. The van der Waals surface area contributed by atoms with Crippen molar-refractivity contribution in [3.8, 4) is 6.07 Å². The lowest BCUT2D eigenvalue weighted by Gasteiger charge is -2.47. The smallest absolute Gasteiger partial charge is 0.363 e. The van der Waals surface area contributed by atoms with Crippen LogP contribution in [0.4, 0.5) is 18.9 Å². The summed E-state index contributed by atoms with van der Waals surface area (Å²) >= 11 is 5.86. The largest absolute Gasteiger partial charge is 0.398 e. The first-order valence-electron chi connectivity index (χ1n) is 6.56. The molecule has 1 aromatic carbocycles. The highest BCUT2D eigenvalue weighted by molar-refractivity contribution is 6.39. The molecule has 0 bridgehead atoms. The Labute approximate surface area is 130 Å². The Kier molecular flexibility index (Phi) is 3.22. The van der Waals surface area contributed by atoms with Gasteiger partial charge < -0.3 is 5.32 Å². The van der Waals surface area contributed by atoms with Gasteiger partial charge in [0, 0.05) is 17.8 Å². The second-order valence-electron chi connectivity index (χ2n) is 5.52. The zero-order valence-corrected chi connectivity index (χ0v) is 12.2. The molecule has 0 fully saturated rings. The van der Waals surface area contributed by atoms with Crippen molar-refractivity contribution in [2.24, 2.45) is 10.9 Å². The molecule has 2 aliphatic rings. The van der Waals surface area contributed by atoms with Gasteiger partial charge in [-0.1, -0.05) is 17.7 Å². The third-order valence-electron chi connectivity index (χ3n) is 4.30. The van der Waals surface area contributed by atoms with E-state index < -0.39 is 23.7 Å². The van der Waals surface area contributed by atoms with Crippen LogP contribution in [0.1, 0.15) is 18.1 Å². The van der Waals surface area contributed by atoms with E-state index in [4.69, 9.17) is 16.9 Å². The average Bonchev–Trinajstić information content (AvgIpc) is 2.47. The molecule has 2 aliphatic heterocycles. The summed E-state index contributed by atoms with van der Waals surface area (Å²) in [5.41, 5.74) is -1.62. The quantitative estimate of drug-likeness (QED) is 0.785. The van der Waals surface area contributed by atoms with Gasteiger partial charge >= 0.3 is 6.18 Å². The van der Waals surface area contributed by atoms with Crippen LogP contribution in [0.15, 0.2) is 34.3 Å². The van der Waals surface area contributed by atoms with E-state index in [0.29, 0.717) is 5.69 Å². The van der Waals surface area contributed by atoms with Crippen molar-refractivity contribution in [1.82, 2.24) is 0 Å². The van der Waals surface area contributed by atoms with Crippen LogP contribution in [0.5, 0.6) is 0 Å². The molecule has 1 aromatic rings. The standard InChI is InChI=1S/C15H11ClF3N3/c1-14(15(17,18)19)10-4-8(6-20)2-3-12(10)22-13-11(14)5-9(16)7-21-13/h2-5,7,11,13,22H,1H3. The van der Waals surface area contributed by atoms with Gasteiger partial charge in [-0.05, 0) is 30.7 Å². The highest BCUT2D eigenvalue weighted by atomic mass is 35.5. The van der Waals surface area contributed by atoms with Gasteiger partial charge in [0.1, 0.15) is 11.6 Å². The summed E-state index contributed by atoms with van der Waals surface area (Å²) < 4.78 is 41.7. The molecule has 3 atom stereocenters. The maximum absolute atomic E-state index is 13.9. The van der Waals surface area contributed by atoms with E-state index in [1.165, 1.54) is 30.5 Å². The van der Waals surface area contributed by atoms with Crippen LogP contribution in [0.2, 0.25) is 0 Å². The predicted molar refractivity (Wildman–Crippen MR) is 77.9 cm³/mol. The lowest BCUT2D eigenvalue weighted by molar-refractivity contribution is -0.199. The minimum atomic E-state index is -4.51. The predicted octanol–water partition coefficient (Wildman–Crippen LogP) is 3.95. The Hall–Kier alpha value is -2.00. The number of halogens is 4. The summed E-state index contributed by atoms with van der Waals surface area (Å²) in [6.45, 7) is 1.13. The first kappa shape index (κ1) is 14.9. The SMILES string of the molecule is CC1(C(F)(F)F)c2cc(C#N)ccc2NC2N=CC(Cl)=CC21. The van der Waals surface area contributed by atoms with Gasteiger partial charge in [-0.15, -0.1) is 0 Å². The van der Waals surface area contributed by atoms with Gasteiger partial charge in [-0.25, -0.2) is 0 Å². The Bertz CT molecular complexity index is 733. The van der Waals surface area contributed by atoms with E-state index in [1.54, 1.807) is 0 Å². The van der Waals surface area contributed by atoms with E-state index in [-0.39, 0.29) is 16.2 Å². The Morgan fingerprint density at radius 2 is 2.14 bits per heavy atom. The molecule has 0 spiro atoms. The molecule has 0 saturated heterocycles. The average molecular weight is 326 g/mol. The Balaban J connectivity index is 2.27. The molecule has 2 heterocycles. The van der Waals surface area contributed by atoms with E-state index in [0.717, 1.165) is 6.92 Å². The lowest BCUT2D eigenvalue weighted by atomic mass is 9.66. The van der Waals surface area contributed by atoms with Gasteiger partial charge in [-0.2, -0.15) is 18.4 Å². The van der Waals surface area contributed by atoms with Crippen LogP contribution < -0.4 is 5.32 Å². The fourth-order valence-corrected chi connectivity index (χ4v) is 3.20. The summed E-state index contributed by atoms with van der Waals surface area (Å²) in [6.07, 6.45) is -2.53. The number of dihydropyridines is 1. The molecule has 0 radical (unpaired) electrons. The second kappa shape index (κ2) is 4.75. The summed E-state index contributed by atoms with van der Waals surface area (Å²) in [5.74, 6) is -0.980. The van der Waals surface area contributed by atoms with Crippen molar-refractivity contribution >= 4 is 23.5 Å². The van der Waals surface area contributed by atoms with Crippen molar-refractivity contribution in [2.75, 3.05) is 5.32 Å². The number of alkyl halides is 3. The maximum atomic E-state index is 13.9. The molecule has 0 aliphatic carbocycles. The van der Waals surface area contributed by atoms with E-state index in [1.807, 2.05) is 6.07 Å². The van der Waals surface area contributed by atoms with E-state index in [9.17, 15) is 13.2 Å². The van der Waals surface area contributed by atoms with Crippen molar-refractivity contribution in [2.45, 2.75) is 24.7 Å². The van der Waals surface area contributed by atoms with Gasteiger partial charge in [0.15, 0.2) is 0 Å². The van der Waals surface area contributed by atoms with E-state index >= 15 is 0 Å². The Morgan fingerprint density at radius 1 is 1.41 bits per heavy atom. The number of allylic oxidation sites excluding steroid dienone is 1. The first-order valence-corrected chi connectivity index (χ1v) is 6.93. The molecular formula is C15H11ClF3N3. The molecule has 22 heavy (non-hydrogen) atoms. The van der Waals surface area contributed by atoms with Gasteiger partial charge in [-0.3, -0.25) is 4.99 Å². The first-order chi connectivity index (χ1) is 10.3. The summed E-state index contributed by atoms with van der Waals surface area (Å²) in [4.78, 5) is 4.08. The number of fused-ring (bicyclic) bond motifs is 2. The van der Waals surface area contributed by atoms with Crippen molar-refractivity contribution in [1.29, 1.82) is 5.26 Å². The molecule has 114 valence electrons. The minimum Gasteiger partial charge on any atom is -0.363 e. The number of nitrogens with zero attached hydrogens (tertiary/aromatic N) is 2. The van der Waals surface area contributed by atoms with Gasteiger partial charge in [0.05, 0.1) is 16.7 Å². The Morgan fingerprint density at radius 3 is 2.77 bits per heavy atom. The number of hydrogen-bond acceptors (Lipinski definition) is 3. The monoisotopic (exact) mass is 325 g/mol. The van der Waals surface area contributed by atoms with Gasteiger partial charge in [0.2, 0.25) is 0 Å². The van der Waals surface area contributed by atoms with Crippen LogP contribution in [0.25, 0.3) is 0 Å². The number of hydrogen-bond donors (Lipinski definition) is 1. The summed E-state index contributed by atoms with van der Waals surface area (Å²) in [6, 6.07) is 6.14. The normalized spacial score (nSPS) is 29.7. The minimum absolute atomic E-state index is 0.0399. The second-order valence-corrected chi connectivity index (χ2v) is 5.95. The third-order valence-corrected chi connectivity index (χ3v) is 4.53. The van der Waals surface area contributed by atoms with Crippen molar-refractivity contribution < 1.29 is 13.2 Å². The molecule has 0 amide bonds. The molecule has 3 unspecified atom stereocenters. The molecule has 3 nitrogen and oxygen atoms in total. The van der Waals surface area contributed by atoms with Crippen LogP contribution in [0.3, 0.4) is 0 Å². The van der Waals surface area contributed by atoms with Crippen LogP contribution in [0, 0.1) is 17.2 Å². The highest BCUT2D eigenvalue weighted by Crippen LogP contribution is 2.54. The maximum Gasteiger partial charge on any atom is 0.398 e. The molecular weight excluding hydrogens is 315 g/mol. The van der Waals surface area contributed by atoms with E-state index in [2.05, 4.69) is 10.3 Å². The van der Waals surface area contributed by atoms with Crippen molar-refractivity contribution in [3.05, 3.63) is 40.4 Å². The topological polar surface area (TPSA) is 48.2 Å². The molecule has 1 N–H and O–H groups in total. The van der Waals surface area contributed by atoms with Crippen molar-refractivity contribution in [3.63, 3.8) is 0 Å². The lowest BCUT2D eigenvalue weighted by Crippen LogP contribution is -2.55. The number of anilines is 1. The zero-order chi connectivity index (χ0) is 16.1. The summed E-state index contributed by atoms with van der Waals surface area (Å²) in [7, 11) is 0. The number of benzene rings is 1. The third kappa shape index (κ3) is 2.00. The molecule has 0 saturated carbocycles. The zero-order valence-electron chi connectivity index (χ0n) is 11.4. The fourth-order valence-electron chi connectivity index (χ4n) is 3.01. The molecule has 3 rings (SSSR count). The van der Waals surface area contributed by atoms with Crippen LogP contribution >= 0.6 is 11.6 Å². The van der Waals surface area contributed by atoms with Crippen LogP contribution in [-0.2, 0) is 5.41 Å².